The fourth-order valence-corrected chi connectivity index (χ4v) is 1.90. The van der Waals surface area contributed by atoms with Crippen molar-refractivity contribution in [2.45, 2.75) is 6.92 Å². The predicted molar refractivity (Wildman–Crippen MR) is 82.4 cm³/mol. The Balaban J connectivity index is 2.27. The molecule has 108 valence electrons. The second-order valence-electron chi connectivity index (χ2n) is 4.21. The van der Waals surface area contributed by atoms with Crippen LogP contribution in [0.3, 0.4) is 0 Å². The summed E-state index contributed by atoms with van der Waals surface area (Å²) in [4.78, 5) is 27.4. The Morgan fingerprint density at radius 3 is 2.18 bits per heavy atom. The molecule has 0 heterocycles. The molecule has 0 spiro atoms. The summed E-state index contributed by atoms with van der Waals surface area (Å²) in [6.07, 6.45) is 2.91. The molecule has 0 atom stereocenters. The van der Waals surface area contributed by atoms with Gasteiger partial charge >= 0.3 is 0 Å². The summed E-state index contributed by atoms with van der Waals surface area (Å²) in [5.74, 6) is 0. The van der Waals surface area contributed by atoms with E-state index in [2.05, 4.69) is 20.2 Å². The topological polar surface area (TPSA) is 83.6 Å². The van der Waals surface area contributed by atoms with Gasteiger partial charge in [-0.3, -0.25) is 0 Å². The molecule has 0 radical (unpaired) electrons. The molecule has 0 unspecified atom stereocenters. The van der Waals surface area contributed by atoms with E-state index in [-0.39, 0.29) is 5.02 Å². The highest BCUT2D eigenvalue weighted by Crippen LogP contribution is 2.30. The standard InChI is InChI=1S/C15H9ClN4O2/c1-10-6-11(17-8-21)2-4-14(10)20-19-12-3-5-15(18-9-22)13(16)7-12/h2-7H,1H3/b20-19+. The van der Waals surface area contributed by atoms with Crippen LogP contribution in [0.1, 0.15) is 5.56 Å². The Labute approximate surface area is 130 Å². The molecule has 0 N–H and O–H groups in total. The molecule has 0 fully saturated rings. The van der Waals surface area contributed by atoms with Gasteiger partial charge in [0.15, 0.2) is 0 Å². The molecule has 7 heteroatoms. The van der Waals surface area contributed by atoms with Gasteiger partial charge in [0.2, 0.25) is 12.2 Å². The number of aliphatic imine (C=N–C) groups is 2. The maximum Gasteiger partial charge on any atom is 0.240 e. The highest BCUT2D eigenvalue weighted by molar-refractivity contribution is 6.33. The van der Waals surface area contributed by atoms with Gasteiger partial charge in [-0.15, -0.1) is 0 Å². The average molecular weight is 313 g/mol. The largest absolute Gasteiger partial charge is 0.240 e. The number of nitrogens with zero attached hydrogens (tertiary/aromatic N) is 4. The number of aryl methyl sites for hydroxylation is 1. The maximum absolute atomic E-state index is 10.2. The van der Waals surface area contributed by atoms with Crippen molar-refractivity contribution >= 4 is 46.5 Å². The highest BCUT2D eigenvalue weighted by atomic mass is 35.5. The van der Waals surface area contributed by atoms with Crippen LogP contribution in [0.25, 0.3) is 0 Å². The highest BCUT2D eigenvalue weighted by Gasteiger charge is 2.02. The van der Waals surface area contributed by atoms with Crippen molar-refractivity contribution in [2.24, 2.45) is 20.2 Å². The maximum atomic E-state index is 10.2. The van der Waals surface area contributed by atoms with Crippen molar-refractivity contribution in [3.8, 4) is 0 Å². The zero-order chi connectivity index (χ0) is 15.9. The van der Waals surface area contributed by atoms with Gasteiger partial charge < -0.3 is 0 Å². The molecule has 0 bridgehead atoms. The summed E-state index contributed by atoms with van der Waals surface area (Å²) in [5.41, 5.74) is 2.79. The molecular formula is C15H9ClN4O2. The van der Waals surface area contributed by atoms with Gasteiger partial charge in [-0.25, -0.2) is 9.59 Å². The van der Waals surface area contributed by atoms with E-state index in [1.165, 1.54) is 12.2 Å². The first-order chi connectivity index (χ1) is 10.6. The van der Waals surface area contributed by atoms with Crippen molar-refractivity contribution in [3.63, 3.8) is 0 Å². The van der Waals surface area contributed by atoms with Gasteiger partial charge in [0.05, 0.1) is 27.8 Å². The van der Waals surface area contributed by atoms with E-state index in [9.17, 15) is 9.59 Å². The molecule has 0 aliphatic carbocycles. The zero-order valence-electron chi connectivity index (χ0n) is 11.4. The SMILES string of the molecule is Cc1cc(N=C=O)ccc1/N=N/c1ccc(N=C=O)c(Cl)c1. The second-order valence-corrected chi connectivity index (χ2v) is 4.62. The summed E-state index contributed by atoms with van der Waals surface area (Å²) in [6.45, 7) is 1.83. The van der Waals surface area contributed by atoms with E-state index in [0.29, 0.717) is 22.7 Å². The van der Waals surface area contributed by atoms with Crippen LogP contribution in [0.5, 0.6) is 0 Å². The molecule has 2 aromatic carbocycles. The van der Waals surface area contributed by atoms with Crippen LogP contribution in [0.2, 0.25) is 5.02 Å². The van der Waals surface area contributed by atoms with Gasteiger partial charge in [-0.2, -0.15) is 20.2 Å². The first-order valence-electron chi connectivity index (χ1n) is 6.11. The van der Waals surface area contributed by atoms with Gasteiger partial charge in [0.25, 0.3) is 0 Å². The van der Waals surface area contributed by atoms with E-state index >= 15 is 0 Å². The molecule has 0 aliphatic heterocycles. The Hall–Kier alpha value is -2.91. The van der Waals surface area contributed by atoms with E-state index < -0.39 is 0 Å². The summed E-state index contributed by atoms with van der Waals surface area (Å²) >= 11 is 5.95. The molecule has 22 heavy (non-hydrogen) atoms. The Morgan fingerprint density at radius 2 is 1.55 bits per heavy atom. The monoisotopic (exact) mass is 312 g/mol. The number of carbonyl (C=O) groups excluding carboxylic acids is 2. The van der Waals surface area contributed by atoms with Crippen LogP contribution < -0.4 is 0 Å². The molecular weight excluding hydrogens is 304 g/mol. The van der Waals surface area contributed by atoms with Gasteiger partial charge in [0, 0.05) is 0 Å². The van der Waals surface area contributed by atoms with Gasteiger partial charge in [-0.05, 0) is 48.9 Å². The van der Waals surface area contributed by atoms with E-state index in [1.807, 2.05) is 6.92 Å². The van der Waals surface area contributed by atoms with Crippen LogP contribution in [0, 0.1) is 6.92 Å². The Bertz CT molecular complexity index is 835. The summed E-state index contributed by atoms with van der Waals surface area (Å²) < 4.78 is 0. The lowest BCUT2D eigenvalue weighted by Crippen LogP contribution is -1.74. The number of hydrogen-bond acceptors (Lipinski definition) is 6. The number of benzene rings is 2. The van der Waals surface area contributed by atoms with Gasteiger partial charge in [-0.1, -0.05) is 11.6 Å². The quantitative estimate of drug-likeness (QED) is 0.452. The van der Waals surface area contributed by atoms with Crippen LogP contribution in [0.15, 0.2) is 56.6 Å². The van der Waals surface area contributed by atoms with Crippen LogP contribution in [-0.4, -0.2) is 12.2 Å². The molecule has 2 rings (SSSR count). The van der Waals surface area contributed by atoms with E-state index in [1.54, 1.807) is 36.4 Å². The van der Waals surface area contributed by atoms with Crippen LogP contribution in [0.4, 0.5) is 22.7 Å². The van der Waals surface area contributed by atoms with E-state index in [0.717, 1.165) is 5.56 Å². The number of halogens is 1. The van der Waals surface area contributed by atoms with Crippen LogP contribution >= 0.6 is 11.6 Å². The number of azo groups is 1. The molecule has 6 nitrogen and oxygen atoms in total. The minimum atomic E-state index is 0.284. The minimum absolute atomic E-state index is 0.284. The third-order valence-corrected chi connectivity index (χ3v) is 3.03. The Kier molecular flexibility index (Phi) is 5.07. The summed E-state index contributed by atoms with van der Waals surface area (Å²) in [5, 5.41) is 8.46. The normalized spacial score (nSPS) is 10.1. The molecule has 0 aromatic heterocycles. The zero-order valence-corrected chi connectivity index (χ0v) is 12.2. The lowest BCUT2D eigenvalue weighted by atomic mass is 10.2. The number of hydrogen-bond donors (Lipinski definition) is 0. The van der Waals surface area contributed by atoms with E-state index in [4.69, 9.17) is 11.6 Å². The van der Waals surface area contributed by atoms with Gasteiger partial charge in [0.1, 0.15) is 0 Å². The molecule has 2 aromatic rings. The average Bonchev–Trinajstić information content (AvgIpc) is 2.49. The fourth-order valence-electron chi connectivity index (χ4n) is 1.68. The third kappa shape index (κ3) is 3.81. The Morgan fingerprint density at radius 1 is 0.864 bits per heavy atom. The van der Waals surface area contributed by atoms with Crippen molar-refractivity contribution in [1.29, 1.82) is 0 Å². The molecule has 0 saturated heterocycles. The molecule has 0 amide bonds. The first-order valence-corrected chi connectivity index (χ1v) is 6.49. The smallest absolute Gasteiger partial charge is 0.211 e. The van der Waals surface area contributed by atoms with Crippen molar-refractivity contribution in [3.05, 3.63) is 47.0 Å². The van der Waals surface area contributed by atoms with Crippen molar-refractivity contribution < 1.29 is 9.59 Å². The summed E-state index contributed by atoms with van der Waals surface area (Å²) in [7, 11) is 0. The third-order valence-electron chi connectivity index (χ3n) is 2.73. The fraction of sp³-hybridized carbons (Fsp3) is 0.0667. The first kappa shape index (κ1) is 15.5. The van der Waals surface area contributed by atoms with Crippen molar-refractivity contribution in [2.75, 3.05) is 0 Å². The predicted octanol–water partition coefficient (Wildman–Crippen LogP) is 5.00. The summed E-state index contributed by atoms with van der Waals surface area (Å²) in [6, 6.07) is 9.76. The second kappa shape index (κ2) is 7.20. The number of isocyanates is 2. The molecule has 0 saturated carbocycles. The number of rotatable bonds is 4. The molecule has 0 aliphatic rings. The van der Waals surface area contributed by atoms with Crippen molar-refractivity contribution in [1.82, 2.24) is 0 Å². The lowest BCUT2D eigenvalue weighted by molar-refractivity contribution is 0.564. The lowest BCUT2D eigenvalue weighted by Gasteiger charge is -2.00. The van der Waals surface area contributed by atoms with Crippen LogP contribution in [-0.2, 0) is 9.59 Å². The minimum Gasteiger partial charge on any atom is -0.211 e.